The van der Waals surface area contributed by atoms with Gasteiger partial charge in [0.1, 0.15) is 24.0 Å². The van der Waals surface area contributed by atoms with E-state index in [0.717, 1.165) is 36.0 Å². The number of fused-ring (bicyclic) bond motifs is 1. The summed E-state index contributed by atoms with van der Waals surface area (Å²) in [6, 6.07) is 6.71. The van der Waals surface area contributed by atoms with Crippen molar-refractivity contribution in [3.63, 3.8) is 0 Å². The van der Waals surface area contributed by atoms with Crippen molar-refractivity contribution in [3.05, 3.63) is 39.8 Å². The number of likely N-dealkylation sites (tertiary alicyclic amines) is 1. The van der Waals surface area contributed by atoms with Gasteiger partial charge in [0.25, 0.3) is 0 Å². The van der Waals surface area contributed by atoms with Crippen molar-refractivity contribution in [2.45, 2.75) is 38.8 Å². The van der Waals surface area contributed by atoms with Crippen LogP contribution in [0, 0.1) is 0 Å². The van der Waals surface area contributed by atoms with Gasteiger partial charge in [-0.15, -0.1) is 11.3 Å². The van der Waals surface area contributed by atoms with Gasteiger partial charge in [-0.1, -0.05) is 6.07 Å². The molecule has 0 radical (unpaired) electrons. The summed E-state index contributed by atoms with van der Waals surface area (Å²) in [4.78, 5) is 19.4. The van der Waals surface area contributed by atoms with Crippen molar-refractivity contribution in [2.75, 3.05) is 19.8 Å². The zero-order valence-corrected chi connectivity index (χ0v) is 15.2. The third kappa shape index (κ3) is 3.70. The fourth-order valence-electron chi connectivity index (χ4n) is 3.58. The third-order valence-corrected chi connectivity index (χ3v) is 5.66. The summed E-state index contributed by atoms with van der Waals surface area (Å²) in [5.41, 5.74) is 1.29. The van der Waals surface area contributed by atoms with Crippen LogP contribution in [0.2, 0.25) is 0 Å². The summed E-state index contributed by atoms with van der Waals surface area (Å²) in [5, 5.41) is 0.914. The normalized spacial score (nSPS) is 20.0. The molecule has 1 fully saturated rings. The Hall–Kier alpha value is -1.92. The summed E-state index contributed by atoms with van der Waals surface area (Å²) in [7, 11) is 0. The molecule has 4 rings (SSSR count). The molecular weight excluding hydrogens is 336 g/mol. The Kier molecular flexibility index (Phi) is 4.72. The summed E-state index contributed by atoms with van der Waals surface area (Å²) in [6.07, 6.45) is 4.70. The van der Waals surface area contributed by atoms with Crippen LogP contribution in [-0.2, 0) is 17.8 Å². The molecule has 3 heterocycles. The van der Waals surface area contributed by atoms with Crippen LogP contribution in [0.25, 0.3) is 0 Å². The van der Waals surface area contributed by atoms with Gasteiger partial charge in [0.05, 0.1) is 6.42 Å². The highest BCUT2D eigenvalue weighted by Crippen LogP contribution is 2.38. The van der Waals surface area contributed by atoms with E-state index in [-0.39, 0.29) is 5.78 Å². The molecule has 2 aromatic rings. The van der Waals surface area contributed by atoms with E-state index < -0.39 is 0 Å². The molecule has 6 heteroatoms. The van der Waals surface area contributed by atoms with Crippen molar-refractivity contribution in [2.24, 2.45) is 0 Å². The lowest BCUT2D eigenvalue weighted by Crippen LogP contribution is -2.22. The minimum atomic E-state index is 0.163. The van der Waals surface area contributed by atoms with Gasteiger partial charge in [0.15, 0.2) is 11.5 Å². The molecule has 2 aliphatic rings. The molecule has 1 atom stereocenters. The van der Waals surface area contributed by atoms with E-state index in [4.69, 9.17) is 9.47 Å². The first-order valence-corrected chi connectivity index (χ1v) is 9.57. The smallest absolute Gasteiger partial charge is 0.161 e. The summed E-state index contributed by atoms with van der Waals surface area (Å²) >= 11 is 1.65. The highest BCUT2D eigenvalue weighted by atomic mass is 32.1. The van der Waals surface area contributed by atoms with E-state index in [1.807, 2.05) is 12.3 Å². The van der Waals surface area contributed by atoms with Gasteiger partial charge in [-0.3, -0.25) is 9.69 Å². The quantitative estimate of drug-likeness (QED) is 0.820. The second kappa shape index (κ2) is 7.14. The van der Waals surface area contributed by atoms with Gasteiger partial charge >= 0.3 is 0 Å². The fourth-order valence-corrected chi connectivity index (χ4v) is 4.60. The number of hydrogen-bond donors (Lipinski definition) is 0. The lowest BCUT2D eigenvalue weighted by Gasteiger charge is -2.26. The second-order valence-electron chi connectivity index (χ2n) is 6.63. The monoisotopic (exact) mass is 358 g/mol. The van der Waals surface area contributed by atoms with Crippen molar-refractivity contribution >= 4 is 17.1 Å². The van der Waals surface area contributed by atoms with Crippen molar-refractivity contribution in [3.8, 4) is 11.5 Å². The molecule has 1 aromatic carbocycles. The van der Waals surface area contributed by atoms with Crippen LogP contribution in [-0.4, -0.2) is 35.4 Å². The standard InChI is InChI=1S/C19H22N2O3S/c1-13(22)9-19-20-11-15(25-19)12-21-6-2-3-16(21)14-4-5-17-18(10-14)24-8-7-23-17/h4-5,10-11,16H,2-3,6-9,12H2,1H3. The van der Waals surface area contributed by atoms with Gasteiger partial charge in [0, 0.05) is 23.7 Å². The number of carbonyl (C=O) groups is 1. The van der Waals surface area contributed by atoms with Gasteiger partial charge in [-0.2, -0.15) is 0 Å². The van der Waals surface area contributed by atoms with Crippen LogP contribution in [0.4, 0.5) is 0 Å². The molecular formula is C19H22N2O3S. The van der Waals surface area contributed by atoms with Crippen LogP contribution in [0.3, 0.4) is 0 Å². The third-order valence-electron chi connectivity index (χ3n) is 4.68. The summed E-state index contributed by atoms with van der Waals surface area (Å²) in [6.45, 7) is 4.81. The Labute approximate surface area is 151 Å². The number of nitrogens with zero attached hydrogens (tertiary/aromatic N) is 2. The molecule has 0 N–H and O–H groups in total. The van der Waals surface area contributed by atoms with Crippen molar-refractivity contribution < 1.29 is 14.3 Å². The van der Waals surface area contributed by atoms with E-state index in [2.05, 4.69) is 22.0 Å². The first kappa shape index (κ1) is 16.5. The number of aromatic nitrogens is 1. The predicted molar refractivity (Wildman–Crippen MR) is 96.3 cm³/mol. The molecule has 1 saturated heterocycles. The second-order valence-corrected chi connectivity index (χ2v) is 7.83. The number of hydrogen-bond acceptors (Lipinski definition) is 6. The molecule has 1 unspecified atom stereocenters. The fraction of sp³-hybridized carbons (Fsp3) is 0.474. The highest BCUT2D eigenvalue weighted by Gasteiger charge is 2.27. The van der Waals surface area contributed by atoms with Crippen LogP contribution in [0.15, 0.2) is 24.4 Å². The molecule has 1 aromatic heterocycles. The summed E-state index contributed by atoms with van der Waals surface area (Å²) < 4.78 is 11.4. The molecule has 0 aliphatic carbocycles. The number of thiazole rings is 1. The SMILES string of the molecule is CC(=O)Cc1ncc(CN2CCCC2c2ccc3c(c2)OCCO3)s1. The zero-order chi connectivity index (χ0) is 17.2. The minimum absolute atomic E-state index is 0.163. The Bertz CT molecular complexity index is 774. The Morgan fingerprint density at radius 3 is 3.00 bits per heavy atom. The number of ketones is 1. The van der Waals surface area contributed by atoms with E-state index in [1.54, 1.807) is 18.3 Å². The van der Waals surface area contributed by atoms with E-state index in [9.17, 15) is 4.79 Å². The molecule has 132 valence electrons. The Balaban J connectivity index is 1.49. The maximum Gasteiger partial charge on any atom is 0.161 e. The van der Waals surface area contributed by atoms with Gasteiger partial charge in [-0.05, 0) is 44.0 Å². The number of carbonyl (C=O) groups excluding carboxylic acids is 1. The molecule has 5 nitrogen and oxygen atoms in total. The molecule has 0 saturated carbocycles. The number of Topliss-reactive ketones (excluding diaryl/α,β-unsaturated/α-hetero) is 1. The predicted octanol–water partition coefficient (Wildman–Crippen LogP) is 3.38. The Morgan fingerprint density at radius 1 is 1.32 bits per heavy atom. The van der Waals surface area contributed by atoms with Crippen molar-refractivity contribution in [1.82, 2.24) is 9.88 Å². The first-order chi connectivity index (χ1) is 12.2. The number of benzene rings is 1. The topological polar surface area (TPSA) is 51.7 Å². The van der Waals surface area contributed by atoms with Crippen LogP contribution in [0.5, 0.6) is 11.5 Å². The van der Waals surface area contributed by atoms with Gasteiger partial charge < -0.3 is 9.47 Å². The first-order valence-electron chi connectivity index (χ1n) is 8.75. The largest absolute Gasteiger partial charge is 0.486 e. The molecule has 0 amide bonds. The average Bonchev–Trinajstić information content (AvgIpc) is 3.24. The van der Waals surface area contributed by atoms with E-state index >= 15 is 0 Å². The zero-order valence-electron chi connectivity index (χ0n) is 14.4. The maximum atomic E-state index is 11.3. The highest BCUT2D eigenvalue weighted by molar-refractivity contribution is 7.11. The van der Waals surface area contributed by atoms with Crippen LogP contribution >= 0.6 is 11.3 Å². The van der Waals surface area contributed by atoms with Crippen LogP contribution < -0.4 is 9.47 Å². The maximum absolute atomic E-state index is 11.3. The lowest BCUT2D eigenvalue weighted by atomic mass is 10.0. The lowest BCUT2D eigenvalue weighted by molar-refractivity contribution is -0.116. The molecule has 0 spiro atoms. The molecule has 0 bridgehead atoms. The van der Waals surface area contributed by atoms with E-state index in [1.165, 1.54) is 16.9 Å². The van der Waals surface area contributed by atoms with Gasteiger partial charge in [0.2, 0.25) is 0 Å². The molecule has 25 heavy (non-hydrogen) atoms. The summed E-state index contributed by atoms with van der Waals surface area (Å²) in [5.74, 6) is 1.87. The number of rotatable bonds is 5. The average molecular weight is 358 g/mol. The van der Waals surface area contributed by atoms with Crippen molar-refractivity contribution in [1.29, 1.82) is 0 Å². The minimum Gasteiger partial charge on any atom is -0.486 e. The Morgan fingerprint density at radius 2 is 2.16 bits per heavy atom. The van der Waals surface area contributed by atoms with Crippen LogP contribution in [0.1, 0.15) is 41.3 Å². The number of ether oxygens (including phenoxy) is 2. The molecule has 2 aliphatic heterocycles. The van der Waals surface area contributed by atoms with Gasteiger partial charge in [-0.25, -0.2) is 4.98 Å². The van der Waals surface area contributed by atoms with E-state index in [0.29, 0.717) is 25.7 Å².